The highest BCUT2D eigenvalue weighted by molar-refractivity contribution is 5.91. The van der Waals surface area contributed by atoms with Gasteiger partial charge in [0, 0.05) is 20.3 Å². The molecule has 0 atom stereocenters. The number of nitrogens with zero attached hydrogens (tertiary/aromatic N) is 3. The van der Waals surface area contributed by atoms with E-state index in [0.29, 0.717) is 5.69 Å². The van der Waals surface area contributed by atoms with Gasteiger partial charge in [0.25, 0.3) is 5.91 Å². The van der Waals surface area contributed by atoms with Crippen molar-refractivity contribution in [3.8, 4) is 0 Å². The number of aromatic nitrogens is 2. The lowest BCUT2D eigenvalue weighted by Crippen LogP contribution is -2.22. The molecule has 6 heteroatoms. The summed E-state index contributed by atoms with van der Waals surface area (Å²) in [5.74, 6) is -0.104. The van der Waals surface area contributed by atoms with E-state index in [9.17, 15) is 4.79 Å². The Labute approximate surface area is 89.2 Å². The summed E-state index contributed by atoms with van der Waals surface area (Å²) in [6.07, 6.45) is 2.90. The smallest absolute Gasteiger partial charge is 0.272 e. The van der Waals surface area contributed by atoms with Crippen molar-refractivity contribution in [3.05, 3.63) is 24.3 Å². The van der Waals surface area contributed by atoms with E-state index in [-0.39, 0.29) is 30.7 Å². The van der Waals surface area contributed by atoms with Crippen LogP contribution in [0.3, 0.4) is 0 Å². The van der Waals surface area contributed by atoms with Crippen molar-refractivity contribution in [1.29, 1.82) is 0 Å². The molecule has 0 spiro atoms. The molecule has 74 valence electrons. The Kier molecular flexibility index (Phi) is 7.46. The Morgan fingerprint density at radius 3 is 2.38 bits per heavy atom. The fourth-order valence-electron chi connectivity index (χ4n) is 0.646. The molecule has 1 heterocycles. The third-order valence-corrected chi connectivity index (χ3v) is 1.21. The van der Waals surface area contributed by atoms with Crippen LogP contribution in [0.5, 0.6) is 0 Å². The third kappa shape index (κ3) is 4.05. The molecule has 0 aliphatic heterocycles. The molecule has 0 radical (unpaired) electrons. The first-order valence-electron chi connectivity index (χ1n) is 3.19. The van der Waals surface area contributed by atoms with E-state index in [1.165, 1.54) is 11.2 Å². The lowest BCUT2D eigenvalue weighted by atomic mass is 10.4. The van der Waals surface area contributed by atoms with Crippen LogP contribution in [0.2, 0.25) is 0 Å². The quantitative estimate of drug-likeness (QED) is 0.715. The fraction of sp³-hybridized carbons (Fsp3) is 0.286. The molecule has 13 heavy (non-hydrogen) atoms. The number of halogens is 2. The van der Waals surface area contributed by atoms with E-state index < -0.39 is 0 Å². The van der Waals surface area contributed by atoms with Crippen molar-refractivity contribution >= 4 is 30.7 Å². The first kappa shape index (κ1) is 14.6. The summed E-state index contributed by atoms with van der Waals surface area (Å²) in [7, 11) is 3.37. The summed E-state index contributed by atoms with van der Waals surface area (Å²) in [4.78, 5) is 20.2. The van der Waals surface area contributed by atoms with E-state index in [1.807, 2.05) is 0 Å². The second-order valence-corrected chi connectivity index (χ2v) is 2.29. The van der Waals surface area contributed by atoms with Gasteiger partial charge in [-0.25, -0.2) is 9.97 Å². The van der Waals surface area contributed by atoms with Gasteiger partial charge in [-0.05, 0) is 6.07 Å². The van der Waals surface area contributed by atoms with Crippen molar-refractivity contribution in [1.82, 2.24) is 14.9 Å². The molecule has 4 nitrogen and oxygen atoms in total. The van der Waals surface area contributed by atoms with Crippen LogP contribution in [0.4, 0.5) is 0 Å². The molecule has 1 amide bonds. The number of carbonyl (C=O) groups excluding carboxylic acids is 1. The average Bonchev–Trinajstić information content (AvgIpc) is 2.05. The van der Waals surface area contributed by atoms with E-state index in [4.69, 9.17) is 0 Å². The predicted molar refractivity (Wildman–Crippen MR) is 54.5 cm³/mol. The van der Waals surface area contributed by atoms with Crippen molar-refractivity contribution in [2.75, 3.05) is 14.1 Å². The van der Waals surface area contributed by atoms with Crippen LogP contribution in [0, 0.1) is 0 Å². The molecule has 0 bridgehead atoms. The molecule has 0 unspecified atom stereocenters. The summed E-state index contributed by atoms with van der Waals surface area (Å²) in [5, 5.41) is 0. The molecule has 0 aliphatic carbocycles. The lowest BCUT2D eigenvalue weighted by molar-refractivity contribution is 0.0822. The van der Waals surface area contributed by atoms with E-state index in [1.54, 1.807) is 26.4 Å². The first-order chi connectivity index (χ1) is 5.22. The van der Waals surface area contributed by atoms with E-state index in [2.05, 4.69) is 9.97 Å². The SMILES string of the molecule is CN(C)C(=O)c1ccncn1.Cl.Cl. The summed E-state index contributed by atoms with van der Waals surface area (Å²) < 4.78 is 0. The zero-order chi connectivity index (χ0) is 8.27. The van der Waals surface area contributed by atoms with Gasteiger partial charge in [0.1, 0.15) is 12.0 Å². The van der Waals surface area contributed by atoms with Gasteiger partial charge in [-0.1, -0.05) is 0 Å². The molecule has 0 N–H and O–H groups in total. The lowest BCUT2D eigenvalue weighted by Gasteiger charge is -2.07. The molecule has 1 aromatic heterocycles. The summed E-state index contributed by atoms with van der Waals surface area (Å²) in [6, 6.07) is 1.59. The Morgan fingerprint density at radius 2 is 2.00 bits per heavy atom. The maximum Gasteiger partial charge on any atom is 0.272 e. The summed E-state index contributed by atoms with van der Waals surface area (Å²) in [6.45, 7) is 0. The summed E-state index contributed by atoms with van der Waals surface area (Å²) >= 11 is 0. The van der Waals surface area contributed by atoms with Crippen molar-refractivity contribution < 1.29 is 4.79 Å². The molecule has 0 fully saturated rings. The van der Waals surface area contributed by atoms with Gasteiger partial charge >= 0.3 is 0 Å². The standard InChI is InChI=1S/C7H9N3O.2ClH/c1-10(2)7(11)6-3-4-8-5-9-6;;/h3-5H,1-2H3;2*1H. The number of amides is 1. The highest BCUT2D eigenvalue weighted by Crippen LogP contribution is 1.94. The highest BCUT2D eigenvalue weighted by Gasteiger charge is 2.06. The normalized spacial score (nSPS) is 7.85. The number of hydrogen-bond donors (Lipinski definition) is 0. The first-order valence-corrected chi connectivity index (χ1v) is 3.19. The van der Waals surface area contributed by atoms with Crippen molar-refractivity contribution in [2.24, 2.45) is 0 Å². The zero-order valence-corrected chi connectivity index (χ0v) is 8.93. The average molecular weight is 224 g/mol. The molecule has 0 saturated carbocycles. The van der Waals surface area contributed by atoms with Gasteiger partial charge in [0.15, 0.2) is 0 Å². The van der Waals surface area contributed by atoms with Gasteiger partial charge in [-0.3, -0.25) is 4.79 Å². The molecule has 0 saturated heterocycles. The monoisotopic (exact) mass is 223 g/mol. The van der Waals surface area contributed by atoms with E-state index >= 15 is 0 Å². The third-order valence-electron chi connectivity index (χ3n) is 1.21. The second kappa shape index (κ2) is 6.62. The van der Waals surface area contributed by atoms with Gasteiger partial charge in [-0.15, -0.1) is 24.8 Å². The second-order valence-electron chi connectivity index (χ2n) is 2.29. The summed E-state index contributed by atoms with van der Waals surface area (Å²) in [5.41, 5.74) is 0.421. The Hall–Kier alpha value is -0.870. The highest BCUT2D eigenvalue weighted by atomic mass is 35.5. The maximum atomic E-state index is 11.2. The molecule has 1 rings (SSSR count). The Morgan fingerprint density at radius 1 is 1.38 bits per heavy atom. The van der Waals surface area contributed by atoms with Crippen LogP contribution in [-0.2, 0) is 0 Å². The Bertz CT molecular complexity index is 253. The predicted octanol–water partition coefficient (Wildman–Crippen LogP) is 1.02. The van der Waals surface area contributed by atoms with Crippen LogP contribution >= 0.6 is 24.8 Å². The molecule has 0 aliphatic rings. The van der Waals surface area contributed by atoms with Gasteiger partial charge in [0.05, 0.1) is 0 Å². The fourth-order valence-corrected chi connectivity index (χ4v) is 0.646. The van der Waals surface area contributed by atoms with Crippen molar-refractivity contribution in [2.45, 2.75) is 0 Å². The van der Waals surface area contributed by atoms with Gasteiger partial charge < -0.3 is 4.90 Å². The van der Waals surface area contributed by atoms with Crippen LogP contribution in [0.1, 0.15) is 10.5 Å². The molecular formula is C7H11Cl2N3O. The molecule has 0 aromatic carbocycles. The minimum Gasteiger partial charge on any atom is -0.343 e. The van der Waals surface area contributed by atoms with Crippen molar-refractivity contribution in [3.63, 3.8) is 0 Å². The molecular weight excluding hydrogens is 213 g/mol. The minimum atomic E-state index is -0.104. The zero-order valence-electron chi connectivity index (χ0n) is 7.30. The Balaban J connectivity index is 0. The molecule has 1 aromatic rings. The van der Waals surface area contributed by atoms with Crippen LogP contribution in [0.25, 0.3) is 0 Å². The maximum absolute atomic E-state index is 11.2. The van der Waals surface area contributed by atoms with Gasteiger partial charge in [0.2, 0.25) is 0 Å². The minimum absolute atomic E-state index is 0. The van der Waals surface area contributed by atoms with Crippen LogP contribution in [0.15, 0.2) is 18.6 Å². The van der Waals surface area contributed by atoms with Gasteiger partial charge in [-0.2, -0.15) is 0 Å². The van der Waals surface area contributed by atoms with Crippen LogP contribution < -0.4 is 0 Å². The topological polar surface area (TPSA) is 46.1 Å². The number of hydrogen-bond acceptors (Lipinski definition) is 3. The largest absolute Gasteiger partial charge is 0.343 e. The van der Waals surface area contributed by atoms with Crippen LogP contribution in [-0.4, -0.2) is 34.9 Å². The number of rotatable bonds is 1. The number of carbonyl (C=O) groups is 1. The van der Waals surface area contributed by atoms with E-state index in [0.717, 1.165) is 0 Å².